The lowest BCUT2D eigenvalue weighted by molar-refractivity contribution is -0.138. The number of likely N-dealkylation sites (tertiary alicyclic amines) is 1. The van der Waals surface area contributed by atoms with Crippen molar-refractivity contribution >= 4 is 11.8 Å². The van der Waals surface area contributed by atoms with Crippen molar-refractivity contribution in [1.29, 1.82) is 0 Å². The molecule has 32 heavy (non-hydrogen) atoms. The van der Waals surface area contributed by atoms with Gasteiger partial charge in [-0.05, 0) is 86.2 Å². The van der Waals surface area contributed by atoms with Crippen molar-refractivity contribution in [2.24, 2.45) is 5.92 Å². The maximum absolute atomic E-state index is 13.3. The zero-order chi connectivity index (χ0) is 22.7. The number of amides is 2. The van der Waals surface area contributed by atoms with E-state index in [0.29, 0.717) is 25.2 Å². The summed E-state index contributed by atoms with van der Waals surface area (Å²) in [6, 6.07) is 10.1. The third-order valence-corrected chi connectivity index (χ3v) is 6.81. The Morgan fingerprint density at radius 3 is 2.53 bits per heavy atom. The quantitative estimate of drug-likeness (QED) is 0.779. The molecule has 5 nitrogen and oxygen atoms in total. The molecule has 0 aliphatic carbocycles. The number of aryl methyl sites for hydroxylation is 2. The van der Waals surface area contributed by atoms with Crippen LogP contribution < -0.4 is 5.32 Å². The van der Waals surface area contributed by atoms with Gasteiger partial charge in [-0.15, -0.1) is 0 Å². The zero-order valence-corrected chi connectivity index (χ0v) is 19.0. The van der Waals surface area contributed by atoms with E-state index in [-0.39, 0.29) is 23.5 Å². The molecule has 0 spiro atoms. The van der Waals surface area contributed by atoms with Gasteiger partial charge in [0.25, 0.3) is 5.91 Å². The second-order valence-corrected chi connectivity index (χ2v) is 9.12. The highest BCUT2D eigenvalue weighted by Crippen LogP contribution is 2.26. The van der Waals surface area contributed by atoms with Crippen molar-refractivity contribution in [3.8, 4) is 0 Å². The van der Waals surface area contributed by atoms with Crippen molar-refractivity contribution in [2.75, 3.05) is 32.7 Å². The van der Waals surface area contributed by atoms with Crippen molar-refractivity contribution in [3.05, 3.63) is 70.0 Å². The second kappa shape index (κ2) is 9.82. The molecule has 0 radical (unpaired) electrons. The van der Waals surface area contributed by atoms with E-state index >= 15 is 0 Å². The molecule has 4 rings (SSSR count). The van der Waals surface area contributed by atoms with Crippen LogP contribution in [0, 0.1) is 25.6 Å². The number of fused-ring (bicyclic) bond motifs is 1. The third kappa shape index (κ3) is 5.18. The highest BCUT2D eigenvalue weighted by Gasteiger charge is 2.31. The van der Waals surface area contributed by atoms with Gasteiger partial charge >= 0.3 is 0 Å². The van der Waals surface area contributed by atoms with Gasteiger partial charge in [0.15, 0.2) is 0 Å². The molecule has 1 atom stereocenters. The first-order chi connectivity index (χ1) is 15.4. The minimum absolute atomic E-state index is 0.0182. The van der Waals surface area contributed by atoms with Crippen molar-refractivity contribution < 1.29 is 14.0 Å². The van der Waals surface area contributed by atoms with Crippen LogP contribution in [0.1, 0.15) is 45.5 Å². The largest absolute Gasteiger partial charge is 0.351 e. The molecule has 0 saturated carbocycles. The molecule has 0 unspecified atom stereocenters. The molecule has 2 aromatic rings. The summed E-state index contributed by atoms with van der Waals surface area (Å²) in [5, 5.41) is 2.90. The number of rotatable bonds is 5. The van der Waals surface area contributed by atoms with E-state index in [1.54, 1.807) is 0 Å². The Balaban J connectivity index is 1.28. The van der Waals surface area contributed by atoms with Gasteiger partial charge in [0.05, 0.1) is 5.92 Å². The molecular weight excluding hydrogens is 405 g/mol. The van der Waals surface area contributed by atoms with Gasteiger partial charge < -0.3 is 15.1 Å². The average Bonchev–Trinajstić information content (AvgIpc) is 2.79. The van der Waals surface area contributed by atoms with E-state index in [1.807, 2.05) is 4.90 Å². The highest BCUT2D eigenvalue weighted by atomic mass is 19.1. The predicted octanol–water partition coefficient (Wildman–Crippen LogP) is 3.47. The molecule has 0 aromatic heterocycles. The summed E-state index contributed by atoms with van der Waals surface area (Å²) in [4.78, 5) is 29.8. The van der Waals surface area contributed by atoms with Crippen LogP contribution in [-0.4, -0.2) is 54.3 Å². The van der Waals surface area contributed by atoms with Crippen LogP contribution in [0.15, 0.2) is 36.4 Å². The van der Waals surface area contributed by atoms with Crippen molar-refractivity contribution in [1.82, 2.24) is 15.1 Å². The topological polar surface area (TPSA) is 52.7 Å². The van der Waals surface area contributed by atoms with E-state index in [4.69, 9.17) is 0 Å². The van der Waals surface area contributed by atoms with E-state index in [0.717, 1.165) is 38.9 Å². The van der Waals surface area contributed by atoms with Gasteiger partial charge in [-0.3, -0.25) is 9.59 Å². The molecule has 2 aliphatic rings. The number of nitrogens with zero attached hydrogens (tertiary/aromatic N) is 2. The lowest BCUT2D eigenvalue weighted by Crippen LogP contribution is -2.47. The summed E-state index contributed by atoms with van der Waals surface area (Å²) in [6.45, 7) is 8.66. The molecule has 1 saturated heterocycles. The summed E-state index contributed by atoms with van der Waals surface area (Å²) in [5.74, 6) is -0.279. The lowest BCUT2D eigenvalue weighted by Gasteiger charge is -2.37. The minimum Gasteiger partial charge on any atom is -0.351 e. The first-order valence-electron chi connectivity index (χ1n) is 11.5. The fraction of sp³-hybridized carbons (Fsp3) is 0.462. The van der Waals surface area contributed by atoms with Gasteiger partial charge in [0, 0.05) is 38.3 Å². The summed E-state index contributed by atoms with van der Waals surface area (Å²) in [5.41, 5.74) is 5.71. The summed E-state index contributed by atoms with van der Waals surface area (Å²) in [7, 11) is 0. The minimum atomic E-state index is -0.354. The number of halogens is 1. The number of benzene rings is 2. The Labute approximate surface area is 189 Å². The van der Waals surface area contributed by atoms with E-state index in [1.165, 1.54) is 46.5 Å². The van der Waals surface area contributed by atoms with Crippen LogP contribution in [0.25, 0.3) is 0 Å². The van der Waals surface area contributed by atoms with Crippen LogP contribution >= 0.6 is 0 Å². The maximum Gasteiger partial charge on any atom is 0.251 e. The van der Waals surface area contributed by atoms with Crippen LogP contribution in [0.2, 0.25) is 0 Å². The van der Waals surface area contributed by atoms with Crippen LogP contribution in [0.5, 0.6) is 0 Å². The SMILES string of the molecule is Cc1cc2c(cc1C)CN(C(=O)[C@@H]1CCCN(CCNC(=O)c3ccc(F)cc3)C1)CC2. The van der Waals surface area contributed by atoms with Crippen molar-refractivity contribution in [2.45, 2.75) is 39.7 Å². The second-order valence-electron chi connectivity index (χ2n) is 9.12. The Morgan fingerprint density at radius 2 is 1.78 bits per heavy atom. The molecule has 2 heterocycles. The summed E-state index contributed by atoms with van der Waals surface area (Å²) in [6.07, 6.45) is 2.84. The Morgan fingerprint density at radius 1 is 1.06 bits per heavy atom. The summed E-state index contributed by atoms with van der Waals surface area (Å²) < 4.78 is 13.0. The number of nitrogens with one attached hydrogen (secondary N) is 1. The number of piperidine rings is 1. The molecule has 6 heteroatoms. The normalized spacial score (nSPS) is 18.8. The summed E-state index contributed by atoms with van der Waals surface area (Å²) >= 11 is 0. The number of hydrogen-bond acceptors (Lipinski definition) is 3. The first-order valence-corrected chi connectivity index (χ1v) is 11.5. The highest BCUT2D eigenvalue weighted by molar-refractivity contribution is 5.94. The molecule has 170 valence electrons. The maximum atomic E-state index is 13.3. The fourth-order valence-electron chi connectivity index (χ4n) is 4.79. The molecule has 2 amide bonds. The molecule has 2 aliphatic heterocycles. The lowest BCUT2D eigenvalue weighted by atomic mass is 9.92. The van der Waals surface area contributed by atoms with E-state index < -0.39 is 0 Å². The Bertz CT molecular complexity index is 989. The van der Waals surface area contributed by atoms with E-state index in [9.17, 15) is 14.0 Å². The standard InChI is InChI=1S/C26H32FN3O2/c1-18-14-21-9-12-30(17-23(21)15-19(18)2)26(32)22-4-3-11-29(16-22)13-10-28-25(31)20-5-7-24(27)8-6-20/h5-8,14-15,22H,3-4,9-13,16-17H2,1-2H3,(H,28,31)/t22-/m1/s1. The smallest absolute Gasteiger partial charge is 0.251 e. The molecule has 0 bridgehead atoms. The number of hydrogen-bond donors (Lipinski definition) is 1. The first kappa shape index (κ1) is 22.5. The molecule has 2 aromatic carbocycles. The monoisotopic (exact) mass is 437 g/mol. The Hall–Kier alpha value is -2.73. The zero-order valence-electron chi connectivity index (χ0n) is 19.0. The van der Waals surface area contributed by atoms with Gasteiger partial charge in [-0.2, -0.15) is 0 Å². The molecule has 1 fully saturated rings. The molecular formula is C26H32FN3O2. The third-order valence-electron chi connectivity index (χ3n) is 6.81. The van der Waals surface area contributed by atoms with Crippen LogP contribution in [0.3, 0.4) is 0 Å². The number of carbonyl (C=O) groups is 2. The number of carbonyl (C=O) groups excluding carboxylic acids is 2. The average molecular weight is 438 g/mol. The van der Waals surface area contributed by atoms with Crippen molar-refractivity contribution in [3.63, 3.8) is 0 Å². The van der Waals surface area contributed by atoms with Gasteiger partial charge in [0.2, 0.25) is 5.91 Å². The van der Waals surface area contributed by atoms with Gasteiger partial charge in [-0.25, -0.2) is 4.39 Å². The van der Waals surface area contributed by atoms with Crippen LogP contribution in [-0.2, 0) is 17.8 Å². The molecule has 1 N–H and O–H groups in total. The Kier molecular flexibility index (Phi) is 6.89. The predicted molar refractivity (Wildman–Crippen MR) is 123 cm³/mol. The van der Waals surface area contributed by atoms with Gasteiger partial charge in [-0.1, -0.05) is 12.1 Å². The fourth-order valence-corrected chi connectivity index (χ4v) is 4.79. The van der Waals surface area contributed by atoms with Crippen LogP contribution in [0.4, 0.5) is 4.39 Å². The van der Waals surface area contributed by atoms with E-state index in [2.05, 4.69) is 36.2 Å². The van der Waals surface area contributed by atoms with Gasteiger partial charge in [0.1, 0.15) is 5.82 Å².